The smallest absolute Gasteiger partial charge is 0.312 e. The topological polar surface area (TPSA) is 118 Å². The second kappa shape index (κ2) is 12.5. The molecule has 182 valence electrons. The van der Waals surface area contributed by atoms with Gasteiger partial charge >= 0.3 is 17.9 Å². The number of hydrogen-bond donors (Lipinski definition) is 0. The molecule has 0 N–H and O–H groups in total. The number of carbonyl (C=O) groups excluding carboxylic acids is 4. The zero-order chi connectivity index (χ0) is 25.3. The van der Waals surface area contributed by atoms with E-state index in [0.29, 0.717) is 6.42 Å². The van der Waals surface area contributed by atoms with Crippen LogP contribution >= 0.6 is 0 Å². The minimum absolute atomic E-state index is 0.106. The van der Waals surface area contributed by atoms with E-state index < -0.39 is 41.6 Å². The van der Waals surface area contributed by atoms with Crippen LogP contribution in [-0.2, 0) is 30.3 Å². The molecule has 0 spiro atoms. The van der Waals surface area contributed by atoms with E-state index in [1.165, 1.54) is 40.3 Å². The first kappa shape index (κ1) is 26.5. The summed E-state index contributed by atoms with van der Waals surface area (Å²) in [7, 11) is 2.64. The van der Waals surface area contributed by atoms with Gasteiger partial charge in [-0.1, -0.05) is 37.3 Å². The average molecular weight is 472 g/mol. The monoisotopic (exact) mass is 471 g/mol. The maximum absolute atomic E-state index is 12.9. The van der Waals surface area contributed by atoms with Crippen LogP contribution in [0.1, 0.15) is 43.2 Å². The van der Waals surface area contributed by atoms with E-state index in [4.69, 9.17) is 18.9 Å². The van der Waals surface area contributed by atoms with Crippen molar-refractivity contribution in [2.45, 2.75) is 39.7 Å². The molecule has 0 saturated carbocycles. The summed E-state index contributed by atoms with van der Waals surface area (Å²) < 4.78 is 20.7. The van der Waals surface area contributed by atoms with E-state index >= 15 is 0 Å². The van der Waals surface area contributed by atoms with Crippen LogP contribution in [0, 0.1) is 11.8 Å². The Morgan fingerprint density at radius 2 is 1.65 bits per heavy atom. The number of Topliss-reactive ketones (excluding diaryl/α,β-unsaturated/α-hetero) is 1. The molecule has 0 radical (unpaired) electrons. The molecular formula is C25H29NO8. The minimum Gasteiger partial charge on any atom is -0.493 e. The summed E-state index contributed by atoms with van der Waals surface area (Å²) in [5, 5.41) is 0. The van der Waals surface area contributed by atoms with Gasteiger partial charge in [-0.15, -0.1) is 0 Å². The maximum atomic E-state index is 12.9. The van der Waals surface area contributed by atoms with Crippen molar-refractivity contribution in [3.63, 3.8) is 0 Å². The molecule has 0 bridgehead atoms. The first-order valence-corrected chi connectivity index (χ1v) is 10.7. The number of ketones is 1. The van der Waals surface area contributed by atoms with E-state index in [9.17, 15) is 19.2 Å². The molecule has 1 aromatic heterocycles. The Bertz CT molecular complexity index is 1020. The van der Waals surface area contributed by atoms with Crippen molar-refractivity contribution in [1.29, 1.82) is 0 Å². The fraction of sp³-hybridized carbons (Fsp3) is 0.400. The lowest BCUT2D eigenvalue weighted by atomic mass is 9.94. The SMILES string of the molecule is COC(=O)[C@@H](Cc1ccccc1)[C@H](C)OC(=O)[C@H](C)CC(=O)c1nccc(OC)c1OC(C)=O. The van der Waals surface area contributed by atoms with Crippen molar-refractivity contribution >= 4 is 23.7 Å². The Labute approximate surface area is 198 Å². The van der Waals surface area contributed by atoms with Crippen molar-refractivity contribution < 1.29 is 38.1 Å². The Kier molecular flexibility index (Phi) is 9.73. The fourth-order valence-corrected chi connectivity index (χ4v) is 3.33. The summed E-state index contributed by atoms with van der Waals surface area (Å²) in [6.07, 6.45) is 0.634. The number of pyridine rings is 1. The number of benzene rings is 1. The van der Waals surface area contributed by atoms with Crippen molar-refractivity contribution in [3.8, 4) is 11.5 Å². The zero-order valence-electron chi connectivity index (χ0n) is 19.9. The van der Waals surface area contributed by atoms with Crippen molar-refractivity contribution in [1.82, 2.24) is 4.98 Å². The number of esters is 3. The molecule has 0 unspecified atom stereocenters. The lowest BCUT2D eigenvalue weighted by Crippen LogP contribution is -2.34. The van der Waals surface area contributed by atoms with E-state index in [0.717, 1.165) is 5.56 Å². The maximum Gasteiger partial charge on any atom is 0.312 e. The first-order valence-electron chi connectivity index (χ1n) is 10.7. The summed E-state index contributed by atoms with van der Waals surface area (Å²) in [6, 6.07) is 10.8. The molecule has 0 aliphatic heterocycles. The predicted molar refractivity (Wildman–Crippen MR) is 121 cm³/mol. The van der Waals surface area contributed by atoms with Gasteiger partial charge in [0.2, 0.25) is 5.75 Å². The highest BCUT2D eigenvalue weighted by molar-refractivity contribution is 6.00. The van der Waals surface area contributed by atoms with Crippen molar-refractivity contribution in [2.75, 3.05) is 14.2 Å². The van der Waals surface area contributed by atoms with E-state index in [2.05, 4.69) is 4.98 Å². The normalized spacial score (nSPS) is 13.2. The van der Waals surface area contributed by atoms with Gasteiger partial charge in [0.05, 0.1) is 26.1 Å². The van der Waals surface area contributed by atoms with Crippen LogP contribution in [0.5, 0.6) is 11.5 Å². The number of ether oxygens (including phenoxy) is 4. The van der Waals surface area contributed by atoms with Crippen LogP contribution in [0.2, 0.25) is 0 Å². The third kappa shape index (κ3) is 7.13. The molecule has 0 fully saturated rings. The van der Waals surface area contributed by atoms with Crippen LogP contribution in [0.15, 0.2) is 42.6 Å². The Morgan fingerprint density at radius 1 is 0.971 bits per heavy atom. The fourth-order valence-electron chi connectivity index (χ4n) is 3.33. The van der Waals surface area contributed by atoms with Crippen LogP contribution in [0.3, 0.4) is 0 Å². The van der Waals surface area contributed by atoms with Gasteiger partial charge in [0.1, 0.15) is 6.10 Å². The summed E-state index contributed by atoms with van der Waals surface area (Å²) in [6.45, 7) is 4.33. The van der Waals surface area contributed by atoms with Crippen LogP contribution < -0.4 is 9.47 Å². The van der Waals surface area contributed by atoms with Crippen molar-refractivity contribution in [3.05, 3.63) is 53.9 Å². The van der Waals surface area contributed by atoms with E-state index in [-0.39, 0.29) is 23.6 Å². The Hall–Kier alpha value is -3.75. The molecule has 0 amide bonds. The number of methoxy groups -OCH3 is 2. The van der Waals surface area contributed by atoms with Crippen LogP contribution in [0.25, 0.3) is 0 Å². The third-order valence-corrected chi connectivity index (χ3v) is 5.16. The third-order valence-electron chi connectivity index (χ3n) is 5.16. The largest absolute Gasteiger partial charge is 0.493 e. The lowest BCUT2D eigenvalue weighted by molar-refractivity contribution is -0.162. The van der Waals surface area contributed by atoms with Gasteiger partial charge in [0.25, 0.3) is 0 Å². The van der Waals surface area contributed by atoms with E-state index in [1.807, 2.05) is 30.3 Å². The molecule has 1 aromatic carbocycles. The molecule has 9 heteroatoms. The number of aromatic nitrogens is 1. The summed E-state index contributed by atoms with van der Waals surface area (Å²) in [5.41, 5.74) is 0.768. The number of rotatable bonds is 11. The molecule has 9 nitrogen and oxygen atoms in total. The summed E-state index contributed by atoms with van der Waals surface area (Å²) in [5.74, 6) is -3.82. The minimum atomic E-state index is -0.844. The van der Waals surface area contributed by atoms with Crippen LogP contribution in [0.4, 0.5) is 0 Å². The van der Waals surface area contributed by atoms with Crippen LogP contribution in [-0.4, -0.2) is 49.0 Å². The molecule has 0 aliphatic carbocycles. The van der Waals surface area contributed by atoms with Gasteiger partial charge in [0.15, 0.2) is 17.2 Å². The molecule has 1 heterocycles. The second-order valence-electron chi connectivity index (χ2n) is 7.77. The molecule has 34 heavy (non-hydrogen) atoms. The summed E-state index contributed by atoms with van der Waals surface area (Å²) in [4.78, 5) is 53.4. The number of nitrogens with zero attached hydrogens (tertiary/aromatic N) is 1. The first-order chi connectivity index (χ1) is 16.2. The van der Waals surface area contributed by atoms with Gasteiger partial charge in [-0.3, -0.25) is 19.2 Å². The standard InChI is InChI=1S/C25H29NO8/c1-15(13-20(28)22-23(34-17(3)27)21(31-4)11-12-26-22)24(29)33-16(2)19(25(30)32-5)14-18-9-7-6-8-10-18/h6-12,15-16,19H,13-14H2,1-5H3/t15-,16+,19+/m1/s1. The molecule has 0 aliphatic rings. The molecular weight excluding hydrogens is 442 g/mol. The highest BCUT2D eigenvalue weighted by Gasteiger charge is 2.32. The Balaban J connectivity index is 2.10. The van der Waals surface area contributed by atoms with E-state index in [1.54, 1.807) is 6.92 Å². The molecule has 2 aromatic rings. The Morgan fingerprint density at radius 3 is 2.24 bits per heavy atom. The number of carbonyl (C=O) groups is 4. The quantitative estimate of drug-likeness (QED) is 0.359. The predicted octanol–water partition coefficient (Wildman–Crippen LogP) is 3.19. The highest BCUT2D eigenvalue weighted by Crippen LogP contribution is 2.31. The molecule has 0 saturated heterocycles. The average Bonchev–Trinajstić information content (AvgIpc) is 2.82. The molecule has 2 rings (SSSR count). The zero-order valence-corrected chi connectivity index (χ0v) is 19.9. The van der Waals surface area contributed by atoms with Gasteiger partial charge in [-0.2, -0.15) is 0 Å². The lowest BCUT2D eigenvalue weighted by Gasteiger charge is -2.23. The highest BCUT2D eigenvalue weighted by atomic mass is 16.6. The molecule has 3 atom stereocenters. The summed E-state index contributed by atoms with van der Waals surface area (Å²) >= 11 is 0. The number of hydrogen-bond acceptors (Lipinski definition) is 9. The van der Waals surface area contributed by atoms with Crippen molar-refractivity contribution in [2.24, 2.45) is 11.8 Å². The van der Waals surface area contributed by atoms with Gasteiger partial charge in [-0.05, 0) is 18.9 Å². The second-order valence-corrected chi connectivity index (χ2v) is 7.77. The van der Waals surface area contributed by atoms with Gasteiger partial charge in [0, 0.05) is 25.6 Å². The van der Waals surface area contributed by atoms with Gasteiger partial charge in [-0.25, -0.2) is 4.98 Å². The van der Waals surface area contributed by atoms with Gasteiger partial charge < -0.3 is 18.9 Å².